The first kappa shape index (κ1) is 16.8. The molecule has 2 N–H and O–H groups in total. The van der Waals surface area contributed by atoms with E-state index in [1.165, 1.54) is 35.9 Å². The molecule has 0 saturated heterocycles. The van der Waals surface area contributed by atoms with E-state index in [4.69, 9.17) is 23.2 Å². The molecule has 122 valence electrons. The molecule has 0 aliphatic heterocycles. The van der Waals surface area contributed by atoms with Gasteiger partial charge in [0, 0.05) is 6.04 Å². The summed E-state index contributed by atoms with van der Waals surface area (Å²) in [5.74, 6) is -0.183. The maximum atomic E-state index is 12.3. The zero-order valence-corrected chi connectivity index (χ0v) is 15.3. The molecule has 1 aromatic carbocycles. The summed E-state index contributed by atoms with van der Waals surface area (Å²) in [6.45, 7) is 1.81. The molecule has 5 nitrogen and oxygen atoms in total. The molecule has 1 atom stereocenters. The highest BCUT2D eigenvalue weighted by Gasteiger charge is 2.23. The molecular weight excluding hydrogens is 375 g/mol. The van der Waals surface area contributed by atoms with Crippen LogP contribution in [0.1, 0.15) is 19.8 Å². The Morgan fingerprint density at radius 1 is 1.35 bits per heavy atom. The second kappa shape index (κ2) is 7.25. The molecule has 1 amide bonds. The highest BCUT2D eigenvalue weighted by Crippen LogP contribution is 2.34. The first-order valence-electron chi connectivity index (χ1n) is 7.04. The van der Waals surface area contributed by atoms with E-state index < -0.39 is 0 Å². The molecule has 1 aliphatic carbocycles. The number of hydrogen-bond donors (Lipinski definition) is 2. The lowest BCUT2D eigenvalue weighted by atomic mass is 10.3. The number of benzene rings is 1. The van der Waals surface area contributed by atoms with E-state index in [9.17, 15) is 4.79 Å². The number of para-hydroxylation sites is 1. The molecule has 1 heterocycles. The molecule has 1 unspecified atom stereocenters. The molecule has 0 spiro atoms. The Balaban J connectivity index is 1.59. The summed E-state index contributed by atoms with van der Waals surface area (Å²) in [4.78, 5) is 12.3. The number of thioether (sulfide) groups is 1. The number of carbonyl (C=O) groups is 1. The van der Waals surface area contributed by atoms with E-state index in [0.29, 0.717) is 21.8 Å². The number of halogens is 2. The summed E-state index contributed by atoms with van der Waals surface area (Å²) in [6.07, 6.45) is 2.36. The Hall–Kier alpha value is -1.02. The lowest BCUT2D eigenvalue weighted by molar-refractivity contribution is -0.115. The molecule has 1 saturated carbocycles. The van der Waals surface area contributed by atoms with Crippen LogP contribution in [0.3, 0.4) is 0 Å². The van der Waals surface area contributed by atoms with Gasteiger partial charge in [-0.15, -0.1) is 10.2 Å². The monoisotopic (exact) mass is 388 g/mol. The average molecular weight is 389 g/mol. The zero-order chi connectivity index (χ0) is 16.4. The van der Waals surface area contributed by atoms with Crippen molar-refractivity contribution in [2.45, 2.75) is 35.4 Å². The van der Waals surface area contributed by atoms with E-state index in [0.717, 1.165) is 9.47 Å². The normalized spacial score (nSPS) is 15.3. The van der Waals surface area contributed by atoms with Crippen LogP contribution < -0.4 is 10.6 Å². The predicted octanol–water partition coefficient (Wildman–Crippen LogP) is 4.54. The Bertz CT molecular complexity index is 700. The number of nitrogens with one attached hydrogen (secondary N) is 2. The minimum atomic E-state index is -0.343. The Morgan fingerprint density at radius 3 is 2.70 bits per heavy atom. The number of anilines is 2. The number of rotatable bonds is 6. The van der Waals surface area contributed by atoms with Crippen LogP contribution in [-0.4, -0.2) is 27.4 Å². The van der Waals surface area contributed by atoms with Crippen LogP contribution in [0.15, 0.2) is 22.5 Å². The van der Waals surface area contributed by atoms with Crippen LogP contribution in [-0.2, 0) is 4.79 Å². The second-order valence-electron chi connectivity index (χ2n) is 5.14. The standard InChI is InChI=1S/C14H14Cl2N4OS2/c1-7(12(21)18-11-9(15)3-2-4-10(11)16)22-14-20-19-13(23-14)17-8-5-6-8/h2-4,7-8H,5-6H2,1H3,(H,17,19)(H,18,21). The van der Waals surface area contributed by atoms with Crippen molar-refractivity contribution in [2.24, 2.45) is 0 Å². The lowest BCUT2D eigenvalue weighted by Gasteiger charge is -2.12. The summed E-state index contributed by atoms with van der Waals surface area (Å²) in [5, 5.41) is 15.5. The van der Waals surface area contributed by atoms with Gasteiger partial charge < -0.3 is 10.6 Å². The summed E-state index contributed by atoms with van der Waals surface area (Å²) < 4.78 is 0.751. The third-order valence-electron chi connectivity index (χ3n) is 3.17. The molecule has 3 rings (SSSR count). The molecule has 23 heavy (non-hydrogen) atoms. The van der Waals surface area contributed by atoms with Gasteiger partial charge in [0.25, 0.3) is 0 Å². The molecule has 0 bridgehead atoms. The maximum Gasteiger partial charge on any atom is 0.237 e. The summed E-state index contributed by atoms with van der Waals surface area (Å²) in [7, 11) is 0. The SMILES string of the molecule is CC(Sc1nnc(NC2CC2)s1)C(=O)Nc1c(Cl)cccc1Cl. The van der Waals surface area contributed by atoms with Crippen LogP contribution in [0.2, 0.25) is 10.0 Å². The smallest absolute Gasteiger partial charge is 0.237 e. The third kappa shape index (κ3) is 4.50. The van der Waals surface area contributed by atoms with Crippen molar-refractivity contribution in [3.05, 3.63) is 28.2 Å². The summed E-state index contributed by atoms with van der Waals surface area (Å²) in [6, 6.07) is 5.63. The van der Waals surface area contributed by atoms with Gasteiger partial charge in [0.15, 0.2) is 4.34 Å². The summed E-state index contributed by atoms with van der Waals surface area (Å²) >= 11 is 14.9. The van der Waals surface area contributed by atoms with Gasteiger partial charge in [0.1, 0.15) is 0 Å². The first-order chi connectivity index (χ1) is 11.0. The minimum absolute atomic E-state index is 0.183. The van der Waals surface area contributed by atoms with Crippen molar-refractivity contribution in [1.82, 2.24) is 10.2 Å². The molecule has 9 heteroatoms. The van der Waals surface area contributed by atoms with Gasteiger partial charge in [-0.2, -0.15) is 0 Å². The lowest BCUT2D eigenvalue weighted by Crippen LogP contribution is -2.22. The number of hydrogen-bond acceptors (Lipinski definition) is 6. The van der Waals surface area contributed by atoms with Gasteiger partial charge in [0.2, 0.25) is 11.0 Å². The van der Waals surface area contributed by atoms with Gasteiger partial charge in [0.05, 0.1) is 21.0 Å². The highest BCUT2D eigenvalue weighted by atomic mass is 35.5. The number of aromatic nitrogens is 2. The number of amides is 1. The number of nitrogens with zero attached hydrogens (tertiary/aromatic N) is 2. The van der Waals surface area contributed by atoms with Crippen molar-refractivity contribution in [1.29, 1.82) is 0 Å². The minimum Gasteiger partial charge on any atom is -0.357 e. The van der Waals surface area contributed by atoms with E-state index >= 15 is 0 Å². The largest absolute Gasteiger partial charge is 0.357 e. The van der Waals surface area contributed by atoms with Gasteiger partial charge in [-0.1, -0.05) is 52.4 Å². The third-order valence-corrected chi connectivity index (χ3v) is 5.84. The first-order valence-corrected chi connectivity index (χ1v) is 9.49. The van der Waals surface area contributed by atoms with Gasteiger partial charge in [-0.25, -0.2) is 0 Å². The molecular formula is C14H14Cl2N4OS2. The highest BCUT2D eigenvalue weighted by molar-refractivity contribution is 8.02. The van der Waals surface area contributed by atoms with Crippen LogP contribution in [0.4, 0.5) is 10.8 Å². The topological polar surface area (TPSA) is 66.9 Å². The molecule has 1 aromatic heterocycles. The predicted molar refractivity (Wildman–Crippen MR) is 97.0 cm³/mol. The van der Waals surface area contributed by atoms with Crippen molar-refractivity contribution in [3.63, 3.8) is 0 Å². The van der Waals surface area contributed by atoms with Crippen LogP contribution >= 0.6 is 46.3 Å². The molecule has 2 aromatic rings. The van der Waals surface area contributed by atoms with Gasteiger partial charge >= 0.3 is 0 Å². The van der Waals surface area contributed by atoms with E-state index in [-0.39, 0.29) is 11.2 Å². The van der Waals surface area contributed by atoms with Gasteiger partial charge in [-0.3, -0.25) is 4.79 Å². The van der Waals surface area contributed by atoms with Crippen molar-refractivity contribution < 1.29 is 4.79 Å². The fourth-order valence-electron chi connectivity index (χ4n) is 1.76. The summed E-state index contributed by atoms with van der Waals surface area (Å²) in [5.41, 5.74) is 0.432. The fraction of sp³-hybridized carbons (Fsp3) is 0.357. The van der Waals surface area contributed by atoms with Crippen LogP contribution in [0.5, 0.6) is 0 Å². The molecule has 1 aliphatic rings. The number of carbonyl (C=O) groups excluding carboxylic acids is 1. The molecule has 0 radical (unpaired) electrons. The Labute approximate surface area is 152 Å². The Kier molecular flexibility index (Phi) is 5.31. The Morgan fingerprint density at radius 2 is 2.04 bits per heavy atom. The molecule has 1 fully saturated rings. The van der Waals surface area contributed by atoms with E-state index in [2.05, 4.69) is 20.8 Å². The average Bonchev–Trinajstić information content (AvgIpc) is 3.21. The second-order valence-corrected chi connectivity index (χ2v) is 8.52. The van der Waals surface area contributed by atoms with Crippen LogP contribution in [0, 0.1) is 0 Å². The van der Waals surface area contributed by atoms with E-state index in [1.807, 2.05) is 0 Å². The zero-order valence-electron chi connectivity index (χ0n) is 12.2. The van der Waals surface area contributed by atoms with Crippen molar-refractivity contribution >= 4 is 63.0 Å². The maximum absolute atomic E-state index is 12.3. The van der Waals surface area contributed by atoms with Gasteiger partial charge in [-0.05, 0) is 31.9 Å². The van der Waals surface area contributed by atoms with E-state index in [1.54, 1.807) is 25.1 Å². The quantitative estimate of drug-likeness (QED) is 0.710. The van der Waals surface area contributed by atoms with Crippen molar-refractivity contribution in [3.8, 4) is 0 Å². The fourth-order valence-corrected chi connectivity index (χ4v) is 4.23. The van der Waals surface area contributed by atoms with Crippen molar-refractivity contribution in [2.75, 3.05) is 10.6 Å². The van der Waals surface area contributed by atoms with Crippen LogP contribution in [0.25, 0.3) is 0 Å².